The molecule has 3 rings (SSSR count). The Hall–Kier alpha value is -1.75. The third-order valence-corrected chi connectivity index (χ3v) is 3.47. The summed E-state index contributed by atoms with van der Waals surface area (Å²) in [6.45, 7) is 1.62. The second kappa shape index (κ2) is 4.74. The zero-order valence-electron chi connectivity index (χ0n) is 10.7. The van der Waals surface area contributed by atoms with Crippen LogP contribution in [0.2, 0.25) is 0 Å². The Morgan fingerprint density at radius 2 is 2.16 bits per heavy atom. The largest absolute Gasteiger partial charge is 0.330 e. The van der Waals surface area contributed by atoms with Crippen molar-refractivity contribution >= 4 is 0 Å². The molecule has 0 atom stereocenters. The van der Waals surface area contributed by atoms with Crippen LogP contribution >= 0.6 is 0 Å². The van der Waals surface area contributed by atoms with Crippen LogP contribution < -0.4 is 5.32 Å². The van der Waals surface area contributed by atoms with Crippen molar-refractivity contribution in [2.75, 3.05) is 7.05 Å². The molecule has 0 radical (unpaired) electrons. The lowest BCUT2D eigenvalue weighted by Crippen LogP contribution is -2.11. The van der Waals surface area contributed by atoms with Crippen molar-refractivity contribution in [2.45, 2.75) is 25.9 Å². The highest BCUT2D eigenvalue weighted by Gasteiger charge is 2.22. The number of benzene rings is 1. The van der Waals surface area contributed by atoms with Crippen LogP contribution in [0.1, 0.15) is 17.9 Å². The van der Waals surface area contributed by atoms with E-state index in [1.807, 2.05) is 7.05 Å². The average molecular weight is 263 g/mol. The van der Waals surface area contributed by atoms with E-state index in [9.17, 15) is 8.78 Å². The first kappa shape index (κ1) is 12.3. The molecule has 0 bridgehead atoms. The Kier molecular flexibility index (Phi) is 3.06. The van der Waals surface area contributed by atoms with Crippen molar-refractivity contribution < 1.29 is 8.78 Å². The fourth-order valence-electron chi connectivity index (χ4n) is 2.63. The normalized spacial score (nSPS) is 13.8. The second-order valence-corrected chi connectivity index (χ2v) is 4.74. The molecule has 0 aliphatic carbocycles. The van der Waals surface area contributed by atoms with Gasteiger partial charge in [-0.15, -0.1) is 0 Å². The Bertz CT molecular complexity index is 619. The molecule has 2 heterocycles. The van der Waals surface area contributed by atoms with Gasteiger partial charge in [-0.1, -0.05) is 0 Å². The number of nitrogens with one attached hydrogen (secondary N) is 1. The summed E-state index contributed by atoms with van der Waals surface area (Å²) in [5.74, 6) is -0.697. The van der Waals surface area contributed by atoms with Crippen LogP contribution in [0.15, 0.2) is 18.2 Å². The fourth-order valence-corrected chi connectivity index (χ4v) is 2.63. The summed E-state index contributed by atoms with van der Waals surface area (Å²) >= 11 is 0. The van der Waals surface area contributed by atoms with Gasteiger partial charge >= 0.3 is 0 Å². The molecule has 0 saturated heterocycles. The van der Waals surface area contributed by atoms with Crippen molar-refractivity contribution in [2.24, 2.45) is 0 Å². The van der Waals surface area contributed by atoms with Gasteiger partial charge in [0.1, 0.15) is 5.82 Å². The first-order chi connectivity index (χ1) is 9.20. The predicted octanol–water partition coefficient (Wildman–Crippen LogP) is 2.49. The third kappa shape index (κ3) is 2.04. The molecular formula is C14H15F2N3. The summed E-state index contributed by atoms with van der Waals surface area (Å²) < 4.78 is 28.5. The highest BCUT2D eigenvalue weighted by Crippen LogP contribution is 2.30. The molecule has 3 nitrogen and oxygen atoms in total. The van der Waals surface area contributed by atoms with Crippen LogP contribution in [0.25, 0.3) is 11.3 Å². The Morgan fingerprint density at radius 1 is 1.32 bits per heavy atom. The minimum atomic E-state index is -0.826. The average Bonchev–Trinajstić information content (AvgIpc) is 2.97. The summed E-state index contributed by atoms with van der Waals surface area (Å²) in [5.41, 5.74) is 2.55. The summed E-state index contributed by atoms with van der Waals surface area (Å²) in [5, 5.41) is 3.08. The number of halogens is 2. The van der Waals surface area contributed by atoms with Crippen LogP contribution in [0.3, 0.4) is 0 Å². The Labute approximate surface area is 110 Å². The SMILES string of the molecule is CNCc1nc(-c2ccc(F)c(F)c2)c2n1CCC2. The minimum absolute atomic E-state index is 0.645. The summed E-state index contributed by atoms with van der Waals surface area (Å²) in [4.78, 5) is 4.57. The topological polar surface area (TPSA) is 29.9 Å². The standard InChI is InChI=1S/C14H15F2N3/c1-17-8-13-18-14(12-3-2-6-19(12)13)9-4-5-10(15)11(16)7-9/h4-5,7,17H,2-3,6,8H2,1H3. The van der Waals surface area contributed by atoms with Gasteiger partial charge in [0, 0.05) is 17.8 Å². The van der Waals surface area contributed by atoms with E-state index in [-0.39, 0.29) is 0 Å². The van der Waals surface area contributed by atoms with Crippen LogP contribution in [0.5, 0.6) is 0 Å². The molecule has 0 amide bonds. The van der Waals surface area contributed by atoms with Crippen molar-refractivity contribution in [3.63, 3.8) is 0 Å². The minimum Gasteiger partial charge on any atom is -0.330 e. The summed E-state index contributed by atoms with van der Waals surface area (Å²) in [7, 11) is 1.87. The van der Waals surface area contributed by atoms with Gasteiger partial charge in [0.2, 0.25) is 0 Å². The van der Waals surface area contributed by atoms with Crippen molar-refractivity contribution in [3.8, 4) is 11.3 Å². The molecule has 0 saturated carbocycles. The van der Waals surface area contributed by atoms with Gasteiger partial charge in [-0.25, -0.2) is 13.8 Å². The Balaban J connectivity index is 2.09. The smallest absolute Gasteiger partial charge is 0.159 e. The lowest BCUT2D eigenvalue weighted by molar-refractivity contribution is 0.509. The van der Waals surface area contributed by atoms with Gasteiger partial charge in [0.25, 0.3) is 0 Å². The Morgan fingerprint density at radius 3 is 2.89 bits per heavy atom. The van der Waals surface area contributed by atoms with Crippen LogP contribution in [-0.2, 0) is 19.5 Å². The van der Waals surface area contributed by atoms with Crippen LogP contribution in [0, 0.1) is 11.6 Å². The molecule has 0 unspecified atom stereocenters. The lowest BCUT2D eigenvalue weighted by atomic mass is 10.1. The molecule has 1 aromatic carbocycles. The molecule has 5 heteroatoms. The maximum atomic E-state index is 13.3. The molecule has 1 aromatic heterocycles. The quantitative estimate of drug-likeness (QED) is 0.922. The maximum absolute atomic E-state index is 13.3. The molecule has 2 aromatic rings. The number of hydrogen-bond donors (Lipinski definition) is 1. The van der Waals surface area contributed by atoms with Gasteiger partial charge < -0.3 is 9.88 Å². The molecule has 1 N–H and O–H groups in total. The molecule has 0 fully saturated rings. The number of aromatic nitrogens is 2. The van der Waals surface area contributed by atoms with Crippen LogP contribution in [-0.4, -0.2) is 16.6 Å². The van der Waals surface area contributed by atoms with Crippen molar-refractivity contribution in [1.82, 2.24) is 14.9 Å². The molecule has 100 valence electrons. The number of fused-ring (bicyclic) bond motifs is 1. The molecule has 1 aliphatic rings. The number of imidazole rings is 1. The third-order valence-electron chi connectivity index (χ3n) is 3.47. The van der Waals surface area contributed by atoms with Gasteiger partial charge in [-0.05, 0) is 38.1 Å². The van der Waals surface area contributed by atoms with E-state index in [0.29, 0.717) is 12.1 Å². The van der Waals surface area contributed by atoms with E-state index in [1.165, 1.54) is 6.07 Å². The van der Waals surface area contributed by atoms with E-state index in [0.717, 1.165) is 42.7 Å². The van der Waals surface area contributed by atoms with Gasteiger partial charge in [-0.2, -0.15) is 0 Å². The lowest BCUT2D eigenvalue weighted by Gasteiger charge is -2.02. The highest BCUT2D eigenvalue weighted by molar-refractivity contribution is 5.63. The zero-order chi connectivity index (χ0) is 13.4. The van der Waals surface area contributed by atoms with E-state index in [4.69, 9.17) is 0 Å². The van der Waals surface area contributed by atoms with E-state index in [1.54, 1.807) is 6.07 Å². The van der Waals surface area contributed by atoms with Gasteiger partial charge in [-0.3, -0.25) is 0 Å². The van der Waals surface area contributed by atoms with E-state index in [2.05, 4.69) is 14.9 Å². The van der Waals surface area contributed by atoms with Crippen LogP contribution in [0.4, 0.5) is 8.78 Å². The van der Waals surface area contributed by atoms with E-state index >= 15 is 0 Å². The monoisotopic (exact) mass is 263 g/mol. The molecule has 1 aliphatic heterocycles. The van der Waals surface area contributed by atoms with Crippen molar-refractivity contribution in [3.05, 3.63) is 41.4 Å². The fraction of sp³-hybridized carbons (Fsp3) is 0.357. The van der Waals surface area contributed by atoms with E-state index < -0.39 is 11.6 Å². The van der Waals surface area contributed by atoms with Crippen molar-refractivity contribution in [1.29, 1.82) is 0 Å². The predicted molar refractivity (Wildman–Crippen MR) is 68.7 cm³/mol. The number of hydrogen-bond acceptors (Lipinski definition) is 2. The van der Waals surface area contributed by atoms with Gasteiger partial charge in [0.15, 0.2) is 11.6 Å². The highest BCUT2D eigenvalue weighted by atomic mass is 19.2. The summed E-state index contributed by atoms with van der Waals surface area (Å²) in [6.07, 6.45) is 2.01. The molecule has 19 heavy (non-hydrogen) atoms. The second-order valence-electron chi connectivity index (χ2n) is 4.74. The first-order valence-electron chi connectivity index (χ1n) is 6.39. The summed E-state index contributed by atoms with van der Waals surface area (Å²) in [6, 6.07) is 3.96. The zero-order valence-corrected chi connectivity index (χ0v) is 10.7. The molecular weight excluding hydrogens is 248 g/mol. The first-order valence-corrected chi connectivity index (χ1v) is 6.39. The number of nitrogens with zero attached hydrogens (tertiary/aromatic N) is 2. The maximum Gasteiger partial charge on any atom is 0.159 e. The van der Waals surface area contributed by atoms with Gasteiger partial charge in [0.05, 0.1) is 12.2 Å². The molecule has 0 spiro atoms. The number of rotatable bonds is 3.